The normalized spacial score (nSPS) is 17.6. The van der Waals surface area contributed by atoms with Gasteiger partial charge >= 0.3 is 0 Å². The van der Waals surface area contributed by atoms with E-state index in [1.807, 2.05) is 18.7 Å². The Morgan fingerprint density at radius 3 is 2.89 bits per heavy atom. The summed E-state index contributed by atoms with van der Waals surface area (Å²) in [7, 11) is 3.93. The molecule has 0 fully saturated rings. The van der Waals surface area contributed by atoms with Gasteiger partial charge < -0.3 is 14.8 Å². The molecule has 1 amide bonds. The van der Waals surface area contributed by atoms with Gasteiger partial charge in [-0.2, -0.15) is 9.61 Å². The lowest BCUT2D eigenvalue weighted by molar-refractivity contribution is 0.0955. The van der Waals surface area contributed by atoms with Crippen LogP contribution in [0.3, 0.4) is 0 Å². The smallest absolute Gasteiger partial charge is 0.279 e. The molecule has 0 atom stereocenters. The largest absolute Gasteiger partial charge is 0.352 e. The fourth-order valence-corrected chi connectivity index (χ4v) is 4.24. The minimum Gasteiger partial charge on any atom is -0.352 e. The van der Waals surface area contributed by atoms with Crippen molar-refractivity contribution in [1.82, 2.24) is 24.4 Å². The monoisotopic (exact) mass is 369 g/mol. The van der Waals surface area contributed by atoms with Gasteiger partial charge in [0.15, 0.2) is 5.65 Å². The van der Waals surface area contributed by atoms with Gasteiger partial charge in [0, 0.05) is 38.8 Å². The van der Waals surface area contributed by atoms with Crippen molar-refractivity contribution in [2.75, 3.05) is 20.1 Å². The van der Waals surface area contributed by atoms with Crippen LogP contribution in [0, 0.1) is 0 Å². The number of likely N-dealkylation sites (N-methyl/N-ethyl adjacent to an activating group) is 1. The van der Waals surface area contributed by atoms with E-state index in [-0.39, 0.29) is 11.5 Å². The van der Waals surface area contributed by atoms with E-state index in [0.717, 1.165) is 43.5 Å². The fraction of sp³-hybridized carbons (Fsp3) is 0.550. The molecule has 0 bridgehead atoms. The molecule has 2 aromatic heterocycles. The highest BCUT2D eigenvalue weighted by molar-refractivity contribution is 5.99. The summed E-state index contributed by atoms with van der Waals surface area (Å²) in [6.07, 6.45) is 10.3. The van der Waals surface area contributed by atoms with Gasteiger partial charge in [-0.1, -0.05) is 11.6 Å². The maximum atomic E-state index is 12.8. The number of nitrogens with zero attached hydrogens (tertiary/aromatic N) is 4. The van der Waals surface area contributed by atoms with Crippen LogP contribution in [0.4, 0.5) is 0 Å². The van der Waals surface area contributed by atoms with Crippen molar-refractivity contribution in [3.8, 4) is 0 Å². The van der Waals surface area contributed by atoms with E-state index in [2.05, 4.69) is 21.4 Å². The molecule has 7 nitrogen and oxygen atoms in total. The van der Waals surface area contributed by atoms with Gasteiger partial charge in [0.05, 0.1) is 11.8 Å². The SMILES string of the molecule is CN1CCc2c(c(=O)n3ncc(C(=O)NCCC4=CCCCC4)c3n2C)C1. The number of carbonyl (C=O) groups excluding carboxylic acids is 1. The second kappa shape index (κ2) is 7.31. The molecule has 0 spiro atoms. The summed E-state index contributed by atoms with van der Waals surface area (Å²) in [5, 5.41) is 7.23. The molecular weight excluding hydrogens is 342 g/mol. The van der Waals surface area contributed by atoms with Gasteiger partial charge in [0.25, 0.3) is 11.5 Å². The lowest BCUT2D eigenvalue weighted by Crippen LogP contribution is -2.36. The first-order valence-electron chi connectivity index (χ1n) is 9.79. The van der Waals surface area contributed by atoms with Gasteiger partial charge in [0.1, 0.15) is 5.56 Å². The van der Waals surface area contributed by atoms with Crippen molar-refractivity contribution in [2.45, 2.75) is 45.1 Å². The molecule has 0 radical (unpaired) electrons. The topological polar surface area (TPSA) is 71.6 Å². The number of hydrogen-bond donors (Lipinski definition) is 1. The molecule has 0 saturated heterocycles. The minimum absolute atomic E-state index is 0.115. The highest BCUT2D eigenvalue weighted by Crippen LogP contribution is 2.20. The number of aromatic nitrogens is 3. The second-order valence-electron chi connectivity index (χ2n) is 7.68. The van der Waals surface area contributed by atoms with Crippen molar-refractivity contribution in [1.29, 1.82) is 0 Å². The molecule has 1 aliphatic heterocycles. The first kappa shape index (κ1) is 18.0. The summed E-state index contributed by atoms with van der Waals surface area (Å²) in [5.41, 5.74) is 4.15. The number of fused-ring (bicyclic) bond motifs is 2. The summed E-state index contributed by atoms with van der Waals surface area (Å²) in [6.45, 7) is 2.14. The lowest BCUT2D eigenvalue weighted by atomic mass is 9.97. The van der Waals surface area contributed by atoms with E-state index in [9.17, 15) is 9.59 Å². The number of hydrogen-bond acceptors (Lipinski definition) is 4. The Labute approximate surface area is 158 Å². The summed E-state index contributed by atoms with van der Waals surface area (Å²) >= 11 is 0. The van der Waals surface area contributed by atoms with Crippen LogP contribution < -0.4 is 10.9 Å². The van der Waals surface area contributed by atoms with Crippen LogP contribution in [-0.4, -0.2) is 45.1 Å². The Hall–Kier alpha value is -2.41. The number of aryl methyl sites for hydroxylation is 1. The molecule has 1 aliphatic carbocycles. The zero-order chi connectivity index (χ0) is 19.0. The summed E-state index contributed by atoms with van der Waals surface area (Å²) in [4.78, 5) is 27.7. The number of nitrogens with one attached hydrogen (secondary N) is 1. The maximum absolute atomic E-state index is 12.8. The fourth-order valence-electron chi connectivity index (χ4n) is 4.24. The van der Waals surface area contributed by atoms with E-state index in [1.165, 1.54) is 29.1 Å². The molecule has 2 aromatic rings. The zero-order valence-corrected chi connectivity index (χ0v) is 16.1. The summed E-state index contributed by atoms with van der Waals surface area (Å²) in [6, 6.07) is 0. The molecule has 7 heteroatoms. The first-order valence-corrected chi connectivity index (χ1v) is 9.79. The molecule has 3 heterocycles. The maximum Gasteiger partial charge on any atom is 0.279 e. The predicted molar refractivity (Wildman–Crippen MR) is 104 cm³/mol. The molecule has 2 aliphatic rings. The van der Waals surface area contributed by atoms with Crippen LogP contribution in [0.15, 0.2) is 22.6 Å². The van der Waals surface area contributed by atoms with Crippen molar-refractivity contribution >= 4 is 11.6 Å². The van der Waals surface area contributed by atoms with Crippen molar-refractivity contribution in [3.05, 3.63) is 45.0 Å². The number of carbonyl (C=O) groups is 1. The molecule has 0 aromatic carbocycles. The highest BCUT2D eigenvalue weighted by Gasteiger charge is 2.24. The Morgan fingerprint density at radius 2 is 2.11 bits per heavy atom. The third-order valence-electron chi connectivity index (χ3n) is 5.78. The number of allylic oxidation sites excluding steroid dienone is 1. The van der Waals surface area contributed by atoms with Crippen LogP contribution in [0.1, 0.15) is 53.7 Å². The summed E-state index contributed by atoms with van der Waals surface area (Å²) < 4.78 is 3.34. The quantitative estimate of drug-likeness (QED) is 0.832. The second-order valence-corrected chi connectivity index (χ2v) is 7.68. The van der Waals surface area contributed by atoms with E-state index < -0.39 is 0 Å². The van der Waals surface area contributed by atoms with Gasteiger partial charge in [-0.25, -0.2) is 0 Å². The van der Waals surface area contributed by atoms with Gasteiger partial charge in [-0.15, -0.1) is 0 Å². The van der Waals surface area contributed by atoms with Gasteiger partial charge in [-0.05, 0) is 39.2 Å². The van der Waals surface area contributed by atoms with Crippen LogP contribution in [0.25, 0.3) is 5.65 Å². The van der Waals surface area contributed by atoms with Crippen LogP contribution >= 0.6 is 0 Å². The van der Waals surface area contributed by atoms with E-state index in [1.54, 1.807) is 0 Å². The van der Waals surface area contributed by atoms with Crippen LogP contribution in [0.5, 0.6) is 0 Å². The van der Waals surface area contributed by atoms with Crippen molar-refractivity contribution in [2.24, 2.45) is 7.05 Å². The Kier molecular flexibility index (Phi) is 4.86. The predicted octanol–water partition coefficient (Wildman–Crippen LogP) is 1.64. The average Bonchev–Trinajstić information content (AvgIpc) is 3.12. The first-order chi connectivity index (χ1) is 13.1. The van der Waals surface area contributed by atoms with Gasteiger partial charge in [0.2, 0.25) is 0 Å². The standard InChI is InChI=1S/C20H27N5O2/c1-23-11-9-17-16(13-23)20(27)25-19(24(17)2)15(12-22-25)18(26)21-10-8-14-6-4-3-5-7-14/h6,12H,3-5,7-11,13H2,1-2H3,(H,21,26). The third kappa shape index (κ3) is 3.32. The Bertz CT molecular complexity index is 969. The molecular formula is C20H27N5O2. The highest BCUT2D eigenvalue weighted by atomic mass is 16.2. The van der Waals surface area contributed by atoms with Crippen molar-refractivity contribution in [3.63, 3.8) is 0 Å². The van der Waals surface area contributed by atoms with E-state index in [4.69, 9.17) is 0 Å². The third-order valence-corrected chi connectivity index (χ3v) is 5.78. The Morgan fingerprint density at radius 1 is 1.26 bits per heavy atom. The molecule has 1 N–H and O–H groups in total. The molecule has 0 unspecified atom stereocenters. The molecule has 4 rings (SSSR count). The van der Waals surface area contributed by atoms with Crippen LogP contribution in [0.2, 0.25) is 0 Å². The van der Waals surface area contributed by atoms with E-state index >= 15 is 0 Å². The molecule has 27 heavy (non-hydrogen) atoms. The van der Waals surface area contributed by atoms with Crippen molar-refractivity contribution < 1.29 is 4.79 Å². The molecule has 0 saturated carbocycles. The number of rotatable bonds is 4. The zero-order valence-electron chi connectivity index (χ0n) is 16.1. The minimum atomic E-state index is -0.163. The van der Waals surface area contributed by atoms with E-state index in [0.29, 0.717) is 24.3 Å². The lowest BCUT2D eigenvalue weighted by Gasteiger charge is -2.26. The summed E-state index contributed by atoms with van der Waals surface area (Å²) in [5.74, 6) is -0.163. The average molecular weight is 369 g/mol. The van der Waals surface area contributed by atoms with Crippen LogP contribution in [-0.2, 0) is 20.0 Å². The van der Waals surface area contributed by atoms with Gasteiger partial charge in [-0.3, -0.25) is 9.59 Å². The Balaban J connectivity index is 1.59. The number of amides is 1. The molecule has 144 valence electrons.